The lowest BCUT2D eigenvalue weighted by Gasteiger charge is -2.21. The topological polar surface area (TPSA) is 97.4 Å². The molecule has 0 aliphatic rings. The van der Waals surface area contributed by atoms with Gasteiger partial charge in [-0.2, -0.15) is 4.72 Å². The number of ether oxygens (including phenoxy) is 1. The van der Waals surface area contributed by atoms with Crippen LogP contribution in [0.5, 0.6) is 5.75 Å². The molecule has 2 aromatic carbocycles. The highest BCUT2D eigenvalue weighted by Gasteiger charge is 2.27. The van der Waals surface area contributed by atoms with Gasteiger partial charge < -0.3 is 10.1 Å². The lowest BCUT2D eigenvalue weighted by atomic mass is 10.0. The second kappa shape index (κ2) is 9.52. The molecule has 166 valence electrons. The van der Waals surface area contributed by atoms with Gasteiger partial charge in [-0.15, -0.1) is 11.3 Å². The van der Waals surface area contributed by atoms with Crippen molar-refractivity contribution >= 4 is 54.8 Å². The van der Waals surface area contributed by atoms with Crippen LogP contribution < -0.4 is 14.8 Å². The summed E-state index contributed by atoms with van der Waals surface area (Å²) in [5.41, 5.74) is 1.11. The molecule has 3 rings (SSSR count). The van der Waals surface area contributed by atoms with Gasteiger partial charge in [0, 0.05) is 5.02 Å². The number of fused-ring (bicyclic) bond motifs is 1. The van der Waals surface area contributed by atoms with Crippen LogP contribution in [0.25, 0.3) is 10.2 Å². The largest absolute Gasteiger partial charge is 0.495 e. The molecular weight excluding hydrogens is 458 g/mol. The van der Waals surface area contributed by atoms with Crippen molar-refractivity contribution in [1.29, 1.82) is 0 Å². The van der Waals surface area contributed by atoms with Gasteiger partial charge in [-0.1, -0.05) is 25.4 Å². The zero-order chi connectivity index (χ0) is 22.8. The summed E-state index contributed by atoms with van der Waals surface area (Å²) in [7, 11) is -2.46. The molecule has 0 saturated heterocycles. The molecule has 2 N–H and O–H groups in total. The Morgan fingerprint density at radius 2 is 1.97 bits per heavy atom. The van der Waals surface area contributed by atoms with Crippen molar-refractivity contribution in [3.8, 4) is 5.75 Å². The molecule has 0 aliphatic carbocycles. The van der Waals surface area contributed by atoms with Crippen LogP contribution in [0.15, 0.2) is 41.3 Å². The van der Waals surface area contributed by atoms with Gasteiger partial charge in [0.2, 0.25) is 15.9 Å². The Morgan fingerprint density at radius 3 is 2.65 bits per heavy atom. The molecule has 10 heteroatoms. The monoisotopic (exact) mass is 481 g/mol. The highest BCUT2D eigenvalue weighted by molar-refractivity contribution is 7.89. The maximum absolute atomic E-state index is 13.1. The van der Waals surface area contributed by atoms with Gasteiger partial charge in [0.1, 0.15) is 11.8 Å². The van der Waals surface area contributed by atoms with Crippen LogP contribution in [0.2, 0.25) is 5.02 Å². The van der Waals surface area contributed by atoms with Gasteiger partial charge in [0.15, 0.2) is 0 Å². The molecule has 0 unspecified atom stereocenters. The third-order valence-electron chi connectivity index (χ3n) is 4.52. The highest BCUT2D eigenvalue weighted by Crippen LogP contribution is 2.28. The first kappa shape index (κ1) is 23.5. The van der Waals surface area contributed by atoms with E-state index in [9.17, 15) is 13.2 Å². The van der Waals surface area contributed by atoms with Crippen LogP contribution in [0, 0.1) is 12.8 Å². The summed E-state index contributed by atoms with van der Waals surface area (Å²) in [6.45, 7) is 5.70. The smallest absolute Gasteiger partial charge is 0.242 e. The molecule has 0 spiro atoms. The maximum Gasteiger partial charge on any atom is 0.242 e. The van der Waals surface area contributed by atoms with Gasteiger partial charge in [-0.25, -0.2) is 13.4 Å². The van der Waals surface area contributed by atoms with Crippen LogP contribution in [0.3, 0.4) is 0 Å². The number of carbonyl (C=O) groups excluding carboxylic acids is 1. The molecule has 0 saturated carbocycles. The van der Waals surface area contributed by atoms with E-state index in [4.69, 9.17) is 16.3 Å². The van der Waals surface area contributed by atoms with E-state index < -0.39 is 22.0 Å². The Morgan fingerprint density at radius 1 is 1.23 bits per heavy atom. The zero-order valence-electron chi connectivity index (χ0n) is 17.6. The minimum absolute atomic E-state index is 0.0753. The van der Waals surface area contributed by atoms with Crippen molar-refractivity contribution < 1.29 is 17.9 Å². The molecule has 0 bridgehead atoms. The quantitative estimate of drug-likeness (QED) is 0.490. The maximum atomic E-state index is 13.1. The van der Waals surface area contributed by atoms with Crippen molar-refractivity contribution in [1.82, 2.24) is 9.71 Å². The molecule has 3 aromatic rings. The molecule has 1 aromatic heterocycles. The van der Waals surface area contributed by atoms with Crippen LogP contribution in [-0.2, 0) is 14.8 Å². The Kier molecular flexibility index (Phi) is 7.20. The average Bonchev–Trinajstić information content (AvgIpc) is 3.06. The van der Waals surface area contributed by atoms with E-state index in [0.29, 0.717) is 22.9 Å². The number of nitrogens with zero attached hydrogens (tertiary/aromatic N) is 1. The van der Waals surface area contributed by atoms with E-state index in [1.807, 2.05) is 20.8 Å². The molecule has 0 fully saturated rings. The molecule has 0 radical (unpaired) electrons. The summed E-state index contributed by atoms with van der Waals surface area (Å²) in [4.78, 5) is 17.4. The van der Waals surface area contributed by atoms with Gasteiger partial charge >= 0.3 is 0 Å². The summed E-state index contributed by atoms with van der Waals surface area (Å²) in [5, 5.41) is 4.00. The van der Waals surface area contributed by atoms with Gasteiger partial charge in [0.25, 0.3) is 0 Å². The molecule has 1 heterocycles. The SMILES string of the molecule is COc1ccc(Cl)cc1NC(=O)[C@H](CC(C)C)NS(=O)(=O)c1ccc2nc(C)sc2c1. The van der Waals surface area contributed by atoms with E-state index in [1.54, 1.807) is 30.3 Å². The van der Waals surface area contributed by atoms with Crippen LogP contribution in [-0.4, -0.2) is 32.5 Å². The number of carbonyl (C=O) groups is 1. The van der Waals surface area contributed by atoms with E-state index in [2.05, 4.69) is 15.0 Å². The standard InChI is InChI=1S/C21H24ClN3O4S2/c1-12(2)9-18(21(26)24-17-10-14(22)5-8-19(17)29-4)25-31(27,28)15-6-7-16-20(11-15)30-13(3)23-16/h5-8,10-12,18,25H,9H2,1-4H3,(H,24,26)/t18-/m0/s1. The normalized spacial score (nSPS) is 12.8. The lowest BCUT2D eigenvalue weighted by molar-refractivity contribution is -0.118. The Labute approximate surface area is 190 Å². The van der Waals surface area contributed by atoms with Crippen molar-refractivity contribution in [2.45, 2.75) is 38.1 Å². The summed E-state index contributed by atoms with van der Waals surface area (Å²) < 4.78 is 34.7. The number of aryl methyl sites for hydroxylation is 1. The summed E-state index contributed by atoms with van der Waals surface area (Å²) in [5.74, 6) is 0.00816. The average molecular weight is 482 g/mol. The number of aromatic nitrogens is 1. The number of sulfonamides is 1. The Balaban J connectivity index is 1.87. The minimum Gasteiger partial charge on any atom is -0.495 e. The molecule has 7 nitrogen and oxygen atoms in total. The predicted molar refractivity (Wildman–Crippen MR) is 125 cm³/mol. The third-order valence-corrected chi connectivity index (χ3v) is 7.16. The molecule has 0 aliphatic heterocycles. The predicted octanol–water partition coefficient (Wildman–Crippen LogP) is 4.60. The first-order valence-electron chi connectivity index (χ1n) is 9.63. The molecular formula is C21H24ClN3O4S2. The Bertz CT molecular complexity index is 1210. The van der Waals surface area contributed by atoms with Gasteiger partial charge in [-0.3, -0.25) is 4.79 Å². The second-order valence-corrected chi connectivity index (χ2v) is 10.9. The van der Waals surface area contributed by atoms with Crippen LogP contribution in [0.4, 0.5) is 5.69 Å². The number of methoxy groups -OCH3 is 1. The van der Waals surface area contributed by atoms with Gasteiger partial charge in [-0.05, 0) is 55.7 Å². The molecule has 1 atom stereocenters. The van der Waals surface area contributed by atoms with Crippen molar-refractivity contribution in [3.05, 3.63) is 46.4 Å². The van der Waals surface area contributed by atoms with Crippen molar-refractivity contribution in [2.75, 3.05) is 12.4 Å². The van der Waals surface area contributed by atoms with E-state index in [1.165, 1.54) is 24.5 Å². The van der Waals surface area contributed by atoms with Crippen LogP contribution >= 0.6 is 22.9 Å². The summed E-state index contributed by atoms with van der Waals surface area (Å²) in [6, 6.07) is 8.59. The van der Waals surface area contributed by atoms with Gasteiger partial charge in [0.05, 0.1) is 32.9 Å². The second-order valence-electron chi connectivity index (χ2n) is 7.50. The fraction of sp³-hybridized carbons (Fsp3) is 0.333. The number of rotatable bonds is 8. The van der Waals surface area contributed by atoms with Crippen molar-refractivity contribution in [3.63, 3.8) is 0 Å². The highest BCUT2D eigenvalue weighted by atomic mass is 35.5. The fourth-order valence-corrected chi connectivity index (χ4v) is 5.47. The third kappa shape index (κ3) is 5.74. The number of nitrogens with one attached hydrogen (secondary N) is 2. The zero-order valence-corrected chi connectivity index (χ0v) is 20.0. The number of halogens is 1. The van der Waals surface area contributed by atoms with E-state index in [0.717, 1.165) is 15.2 Å². The van der Waals surface area contributed by atoms with Crippen molar-refractivity contribution in [2.24, 2.45) is 5.92 Å². The number of amides is 1. The Hall–Kier alpha value is -2.20. The van der Waals surface area contributed by atoms with Crippen LogP contribution in [0.1, 0.15) is 25.3 Å². The fourth-order valence-electron chi connectivity index (χ4n) is 3.12. The van der Waals surface area contributed by atoms with E-state index >= 15 is 0 Å². The number of benzene rings is 2. The first-order chi connectivity index (χ1) is 14.6. The first-order valence-corrected chi connectivity index (χ1v) is 12.3. The minimum atomic E-state index is -3.94. The summed E-state index contributed by atoms with van der Waals surface area (Å²) in [6.07, 6.45) is 0.315. The molecule has 31 heavy (non-hydrogen) atoms. The van der Waals surface area contributed by atoms with E-state index in [-0.39, 0.29) is 10.8 Å². The lowest BCUT2D eigenvalue weighted by Crippen LogP contribution is -2.44. The number of hydrogen-bond donors (Lipinski definition) is 2. The summed E-state index contributed by atoms with van der Waals surface area (Å²) >= 11 is 7.45. The molecule has 1 amide bonds. The number of anilines is 1. The number of hydrogen-bond acceptors (Lipinski definition) is 6. The number of thiazole rings is 1.